The first kappa shape index (κ1) is 15.5. The molecular weight excluding hydrogens is 288 g/mol. The lowest BCUT2D eigenvalue weighted by Crippen LogP contribution is -2.28. The van der Waals surface area contributed by atoms with Crippen molar-refractivity contribution in [2.24, 2.45) is 0 Å². The SMILES string of the molecule is C=C(C)C(=O)OCCOC(=O)C(n1ccnc1)n1ccnc1. The lowest BCUT2D eigenvalue weighted by Gasteiger charge is -2.18. The summed E-state index contributed by atoms with van der Waals surface area (Å²) in [5, 5.41) is 0. The van der Waals surface area contributed by atoms with Crippen LogP contribution in [0.1, 0.15) is 13.1 Å². The van der Waals surface area contributed by atoms with Crippen molar-refractivity contribution >= 4 is 11.9 Å². The van der Waals surface area contributed by atoms with Crippen LogP contribution in [0, 0.1) is 0 Å². The van der Waals surface area contributed by atoms with E-state index in [2.05, 4.69) is 16.5 Å². The highest BCUT2D eigenvalue weighted by Gasteiger charge is 2.23. The van der Waals surface area contributed by atoms with E-state index in [9.17, 15) is 9.59 Å². The molecule has 0 spiro atoms. The van der Waals surface area contributed by atoms with Gasteiger partial charge >= 0.3 is 11.9 Å². The van der Waals surface area contributed by atoms with Gasteiger partial charge in [0.25, 0.3) is 0 Å². The van der Waals surface area contributed by atoms with Crippen molar-refractivity contribution in [1.29, 1.82) is 0 Å². The number of esters is 2. The van der Waals surface area contributed by atoms with Crippen molar-refractivity contribution in [3.63, 3.8) is 0 Å². The normalized spacial score (nSPS) is 10.5. The Kier molecular flexibility index (Phi) is 5.07. The summed E-state index contributed by atoms with van der Waals surface area (Å²) in [6.07, 6.45) is 8.68. The molecule has 0 radical (unpaired) electrons. The van der Waals surface area contributed by atoms with Gasteiger partial charge in [-0.3, -0.25) is 0 Å². The first-order valence-electron chi connectivity index (χ1n) is 6.53. The van der Waals surface area contributed by atoms with Gasteiger partial charge in [0.2, 0.25) is 6.17 Å². The molecule has 0 aliphatic carbocycles. The highest BCUT2D eigenvalue weighted by Crippen LogP contribution is 2.11. The number of hydrogen-bond acceptors (Lipinski definition) is 6. The second kappa shape index (κ2) is 7.21. The van der Waals surface area contributed by atoms with E-state index in [1.165, 1.54) is 12.7 Å². The van der Waals surface area contributed by atoms with Gasteiger partial charge in [-0.15, -0.1) is 0 Å². The summed E-state index contributed by atoms with van der Waals surface area (Å²) in [6, 6.07) is 0. The molecule has 0 atom stereocenters. The standard InChI is InChI=1S/C14H16N4O4/c1-11(2)13(19)21-7-8-22-14(20)12(17-5-3-15-9-17)18-6-4-16-10-18/h3-6,9-10,12H,1,7-8H2,2H3. The van der Waals surface area contributed by atoms with Crippen molar-refractivity contribution in [2.75, 3.05) is 13.2 Å². The average Bonchev–Trinajstić information content (AvgIpc) is 3.17. The molecule has 8 heteroatoms. The van der Waals surface area contributed by atoms with Gasteiger partial charge < -0.3 is 18.6 Å². The Bertz CT molecular complexity index is 600. The van der Waals surface area contributed by atoms with Gasteiger partial charge in [-0.05, 0) is 6.92 Å². The van der Waals surface area contributed by atoms with Gasteiger partial charge in [0.15, 0.2) is 0 Å². The zero-order chi connectivity index (χ0) is 15.9. The molecule has 2 heterocycles. The minimum atomic E-state index is -0.748. The molecule has 0 bridgehead atoms. The third-order valence-electron chi connectivity index (χ3n) is 2.73. The summed E-state index contributed by atoms with van der Waals surface area (Å²) in [6.45, 7) is 4.93. The predicted octanol–water partition coefficient (Wildman–Crippen LogP) is 0.789. The number of nitrogens with zero attached hydrogens (tertiary/aromatic N) is 4. The zero-order valence-corrected chi connectivity index (χ0v) is 12.1. The van der Waals surface area contributed by atoms with Crippen LogP contribution in [0.3, 0.4) is 0 Å². The lowest BCUT2D eigenvalue weighted by molar-refractivity contribution is -0.153. The monoisotopic (exact) mass is 304 g/mol. The highest BCUT2D eigenvalue weighted by atomic mass is 16.6. The number of carbonyl (C=O) groups is 2. The Morgan fingerprint density at radius 1 is 1.09 bits per heavy atom. The van der Waals surface area contributed by atoms with E-state index < -0.39 is 18.1 Å². The first-order chi connectivity index (χ1) is 10.6. The molecule has 116 valence electrons. The quantitative estimate of drug-likeness (QED) is 0.427. The molecule has 0 aliphatic rings. The second-order valence-corrected chi connectivity index (χ2v) is 4.48. The molecule has 2 aromatic heterocycles. The van der Waals surface area contributed by atoms with Crippen LogP contribution in [0.4, 0.5) is 0 Å². The Balaban J connectivity index is 1.93. The summed E-state index contributed by atoms with van der Waals surface area (Å²) in [4.78, 5) is 31.3. The number of imidazole rings is 2. The first-order valence-corrected chi connectivity index (χ1v) is 6.53. The zero-order valence-electron chi connectivity index (χ0n) is 12.1. The Morgan fingerprint density at radius 3 is 2.09 bits per heavy atom. The minimum absolute atomic E-state index is 0.0298. The molecule has 0 fully saturated rings. The van der Waals surface area contributed by atoms with E-state index in [0.717, 1.165) is 0 Å². The van der Waals surface area contributed by atoms with Crippen LogP contribution < -0.4 is 0 Å². The van der Waals surface area contributed by atoms with Gasteiger partial charge in [0.05, 0.1) is 12.7 Å². The van der Waals surface area contributed by atoms with E-state index in [1.807, 2.05) is 0 Å². The topological polar surface area (TPSA) is 88.2 Å². The maximum atomic E-state index is 12.2. The summed E-state index contributed by atoms with van der Waals surface area (Å²) >= 11 is 0. The largest absolute Gasteiger partial charge is 0.459 e. The van der Waals surface area contributed by atoms with Crippen LogP contribution in [-0.2, 0) is 19.1 Å². The lowest BCUT2D eigenvalue weighted by atomic mass is 10.4. The van der Waals surface area contributed by atoms with Crippen LogP contribution in [0.2, 0.25) is 0 Å². The molecular formula is C14H16N4O4. The van der Waals surface area contributed by atoms with Crippen LogP contribution in [0.5, 0.6) is 0 Å². The second-order valence-electron chi connectivity index (χ2n) is 4.48. The van der Waals surface area contributed by atoms with Gasteiger partial charge in [0, 0.05) is 30.4 Å². The van der Waals surface area contributed by atoms with Gasteiger partial charge in [-0.1, -0.05) is 6.58 Å². The van der Waals surface area contributed by atoms with Crippen molar-refractivity contribution in [3.05, 3.63) is 49.6 Å². The van der Waals surface area contributed by atoms with Crippen LogP contribution >= 0.6 is 0 Å². The van der Waals surface area contributed by atoms with E-state index >= 15 is 0 Å². The summed E-state index contributed by atoms with van der Waals surface area (Å²) in [7, 11) is 0. The summed E-state index contributed by atoms with van der Waals surface area (Å²) < 4.78 is 13.2. The van der Waals surface area contributed by atoms with Gasteiger partial charge in [0.1, 0.15) is 13.2 Å². The number of rotatable bonds is 7. The van der Waals surface area contributed by atoms with Crippen molar-refractivity contribution in [1.82, 2.24) is 19.1 Å². The van der Waals surface area contributed by atoms with Gasteiger partial charge in [-0.2, -0.15) is 0 Å². The molecule has 0 saturated carbocycles. The molecule has 0 unspecified atom stereocenters. The summed E-state index contributed by atoms with van der Waals surface area (Å²) in [5.74, 6) is -1.03. The molecule has 0 aromatic carbocycles. The third-order valence-corrected chi connectivity index (χ3v) is 2.73. The fraction of sp³-hybridized carbons (Fsp3) is 0.286. The molecule has 0 N–H and O–H groups in total. The van der Waals surface area contributed by atoms with Gasteiger partial charge in [-0.25, -0.2) is 19.6 Å². The number of aromatic nitrogens is 4. The van der Waals surface area contributed by atoms with Crippen LogP contribution in [0.15, 0.2) is 49.6 Å². The number of ether oxygens (including phenoxy) is 2. The number of hydrogen-bond donors (Lipinski definition) is 0. The van der Waals surface area contributed by atoms with Crippen molar-refractivity contribution in [2.45, 2.75) is 13.1 Å². The molecule has 0 saturated heterocycles. The molecule has 2 aromatic rings. The molecule has 0 aliphatic heterocycles. The fourth-order valence-corrected chi connectivity index (χ4v) is 1.70. The van der Waals surface area contributed by atoms with Crippen LogP contribution in [0.25, 0.3) is 0 Å². The molecule has 0 amide bonds. The Morgan fingerprint density at radius 2 is 1.64 bits per heavy atom. The Hall–Kier alpha value is -2.90. The fourth-order valence-electron chi connectivity index (χ4n) is 1.70. The molecule has 8 nitrogen and oxygen atoms in total. The smallest absolute Gasteiger partial charge is 0.350 e. The highest BCUT2D eigenvalue weighted by molar-refractivity contribution is 5.86. The Labute approximate surface area is 127 Å². The average molecular weight is 304 g/mol. The van der Waals surface area contributed by atoms with E-state index in [-0.39, 0.29) is 13.2 Å². The van der Waals surface area contributed by atoms with E-state index in [4.69, 9.17) is 9.47 Å². The van der Waals surface area contributed by atoms with Crippen molar-refractivity contribution < 1.29 is 19.1 Å². The van der Waals surface area contributed by atoms with E-state index in [0.29, 0.717) is 5.57 Å². The molecule has 22 heavy (non-hydrogen) atoms. The van der Waals surface area contributed by atoms with Crippen LogP contribution in [-0.4, -0.2) is 44.3 Å². The third kappa shape index (κ3) is 3.81. The maximum Gasteiger partial charge on any atom is 0.350 e. The molecule has 2 rings (SSSR count). The predicted molar refractivity (Wildman–Crippen MR) is 75.6 cm³/mol. The van der Waals surface area contributed by atoms with E-state index in [1.54, 1.807) is 40.8 Å². The maximum absolute atomic E-state index is 12.2. The summed E-state index contributed by atoms with van der Waals surface area (Å²) in [5.41, 5.74) is 0.293. The number of carbonyl (C=O) groups excluding carboxylic acids is 2. The minimum Gasteiger partial charge on any atom is -0.459 e. The van der Waals surface area contributed by atoms with Crippen molar-refractivity contribution in [3.8, 4) is 0 Å².